The van der Waals surface area contributed by atoms with E-state index in [1.807, 2.05) is 19.1 Å². The van der Waals surface area contributed by atoms with Crippen molar-refractivity contribution in [3.05, 3.63) is 63.9 Å². The van der Waals surface area contributed by atoms with Gasteiger partial charge in [-0.25, -0.2) is 9.97 Å². The number of halogens is 1. The summed E-state index contributed by atoms with van der Waals surface area (Å²) < 4.78 is 0. The van der Waals surface area contributed by atoms with Gasteiger partial charge in [0.15, 0.2) is 0 Å². The number of nitrogens with two attached hydrogens (primary N) is 1. The monoisotopic (exact) mass is 545 g/mol. The summed E-state index contributed by atoms with van der Waals surface area (Å²) in [6.07, 6.45) is 16.9. The van der Waals surface area contributed by atoms with Crippen LogP contribution < -0.4 is 16.6 Å². The highest BCUT2D eigenvalue weighted by atomic mass is 35.5. The predicted octanol–water partition coefficient (Wildman–Crippen LogP) is 6.28. The van der Waals surface area contributed by atoms with Crippen LogP contribution in [-0.2, 0) is 0 Å². The first-order valence-corrected chi connectivity index (χ1v) is 14.3. The van der Waals surface area contributed by atoms with E-state index >= 15 is 0 Å². The summed E-state index contributed by atoms with van der Waals surface area (Å²) in [5.41, 5.74) is 9.40. The van der Waals surface area contributed by atoms with E-state index in [9.17, 15) is 4.79 Å². The third-order valence-electron chi connectivity index (χ3n) is 7.58. The van der Waals surface area contributed by atoms with Gasteiger partial charge in [-0.2, -0.15) is 4.98 Å². The van der Waals surface area contributed by atoms with Crippen molar-refractivity contribution in [3.8, 4) is 22.4 Å². The quantitative estimate of drug-likeness (QED) is 0.269. The maximum absolute atomic E-state index is 12.8. The molecule has 6 rings (SSSR count). The Balaban J connectivity index is 0.000000384. The molecule has 39 heavy (non-hydrogen) atoms. The van der Waals surface area contributed by atoms with Crippen LogP contribution in [0.4, 0.5) is 5.95 Å². The van der Waals surface area contributed by atoms with E-state index in [0.717, 1.165) is 28.9 Å². The summed E-state index contributed by atoms with van der Waals surface area (Å²) in [4.78, 5) is 33.3. The summed E-state index contributed by atoms with van der Waals surface area (Å²) >= 11 is 6.56. The number of aryl methyl sites for hydroxylation is 1. The minimum absolute atomic E-state index is 0.247. The maximum atomic E-state index is 12.8. The SMILES string of the molecule is Cc1cncc(-c2ccc(-c3cc4cnc(NCC5CCCC5)nc4[nH]c3=O)c(Cl)c2)n1.NC1CCCCC1. The standard InChI is InChI=1S/C24H23ClN6O.C6H13N/c1-14-10-26-13-21(29-14)16-6-7-18(20(25)9-16)19-8-17-12-28-24(31-22(17)30-23(19)32)27-11-15-4-2-3-5-15;7-6-4-2-1-3-5-6/h6-10,12-13,15H,2-5,11H2,1H3,(H2,27,28,30,31,32);6H,1-5,7H2. The van der Waals surface area contributed by atoms with Crippen LogP contribution in [0.2, 0.25) is 5.02 Å². The third kappa shape index (κ3) is 6.99. The first kappa shape index (κ1) is 27.2. The van der Waals surface area contributed by atoms with Crippen LogP contribution in [0.3, 0.4) is 0 Å². The molecule has 2 aliphatic carbocycles. The van der Waals surface area contributed by atoms with Crippen molar-refractivity contribution in [3.63, 3.8) is 0 Å². The molecule has 2 fully saturated rings. The lowest BCUT2D eigenvalue weighted by Gasteiger charge is -2.15. The Bertz CT molecular complexity index is 1480. The van der Waals surface area contributed by atoms with Crippen LogP contribution in [0.1, 0.15) is 63.5 Å². The summed E-state index contributed by atoms with van der Waals surface area (Å²) in [5, 5.41) is 4.51. The molecular weight excluding hydrogens is 510 g/mol. The van der Waals surface area contributed by atoms with Crippen molar-refractivity contribution < 1.29 is 0 Å². The summed E-state index contributed by atoms with van der Waals surface area (Å²) in [6, 6.07) is 7.84. The molecule has 0 atom stereocenters. The number of hydrogen-bond donors (Lipinski definition) is 3. The highest BCUT2D eigenvalue weighted by Gasteiger charge is 2.16. The molecule has 2 saturated carbocycles. The molecule has 8 nitrogen and oxygen atoms in total. The van der Waals surface area contributed by atoms with Gasteiger partial charge < -0.3 is 16.0 Å². The van der Waals surface area contributed by atoms with Crippen LogP contribution in [0, 0.1) is 12.8 Å². The van der Waals surface area contributed by atoms with Crippen molar-refractivity contribution in [1.82, 2.24) is 24.9 Å². The Morgan fingerprint density at radius 2 is 1.74 bits per heavy atom. The number of aromatic amines is 1. The van der Waals surface area contributed by atoms with Crippen LogP contribution in [0.25, 0.3) is 33.4 Å². The number of anilines is 1. The number of aromatic nitrogens is 5. The molecule has 3 heterocycles. The smallest absolute Gasteiger partial charge is 0.257 e. The lowest BCUT2D eigenvalue weighted by Crippen LogP contribution is -2.22. The molecule has 0 spiro atoms. The number of benzene rings is 1. The van der Waals surface area contributed by atoms with Gasteiger partial charge in [-0.15, -0.1) is 0 Å². The number of nitrogens with one attached hydrogen (secondary N) is 2. The number of hydrogen-bond acceptors (Lipinski definition) is 7. The van der Waals surface area contributed by atoms with Crippen LogP contribution in [0.5, 0.6) is 0 Å². The van der Waals surface area contributed by atoms with Gasteiger partial charge in [-0.05, 0) is 50.7 Å². The zero-order valence-corrected chi connectivity index (χ0v) is 23.2. The zero-order valence-electron chi connectivity index (χ0n) is 22.4. The van der Waals surface area contributed by atoms with Gasteiger partial charge in [0.05, 0.1) is 17.6 Å². The molecule has 204 valence electrons. The van der Waals surface area contributed by atoms with Crippen molar-refractivity contribution in [1.29, 1.82) is 0 Å². The minimum Gasteiger partial charge on any atom is -0.354 e. The normalized spacial score (nSPS) is 16.2. The molecule has 0 unspecified atom stereocenters. The molecule has 1 aromatic carbocycles. The molecular formula is C30H36ClN7O. The summed E-state index contributed by atoms with van der Waals surface area (Å²) in [7, 11) is 0. The molecule has 4 N–H and O–H groups in total. The third-order valence-corrected chi connectivity index (χ3v) is 7.89. The second kappa shape index (κ2) is 12.7. The van der Waals surface area contributed by atoms with Crippen LogP contribution in [0.15, 0.2) is 47.7 Å². The molecule has 4 aromatic rings. The van der Waals surface area contributed by atoms with Gasteiger partial charge in [-0.1, -0.05) is 55.8 Å². The second-order valence-electron chi connectivity index (χ2n) is 10.7. The van der Waals surface area contributed by atoms with E-state index in [2.05, 4.69) is 30.2 Å². The van der Waals surface area contributed by atoms with E-state index in [0.29, 0.717) is 39.7 Å². The highest BCUT2D eigenvalue weighted by molar-refractivity contribution is 6.33. The molecule has 0 amide bonds. The lowest BCUT2D eigenvalue weighted by atomic mass is 9.97. The molecule has 0 aliphatic heterocycles. The Morgan fingerprint density at radius 3 is 2.44 bits per heavy atom. The van der Waals surface area contributed by atoms with Crippen molar-refractivity contribution in [2.45, 2.75) is 70.8 Å². The fraction of sp³-hybridized carbons (Fsp3) is 0.433. The average Bonchev–Trinajstić information content (AvgIpc) is 3.46. The van der Waals surface area contributed by atoms with Gasteiger partial charge in [0, 0.05) is 52.1 Å². The average molecular weight is 546 g/mol. The van der Waals surface area contributed by atoms with Crippen molar-refractivity contribution in [2.24, 2.45) is 11.7 Å². The predicted molar refractivity (Wildman–Crippen MR) is 158 cm³/mol. The van der Waals surface area contributed by atoms with Gasteiger partial charge in [0.25, 0.3) is 5.56 Å². The topological polar surface area (TPSA) is 122 Å². The molecule has 3 aromatic heterocycles. The van der Waals surface area contributed by atoms with E-state index < -0.39 is 0 Å². The van der Waals surface area contributed by atoms with E-state index in [1.54, 1.807) is 30.7 Å². The van der Waals surface area contributed by atoms with Crippen LogP contribution in [-0.4, -0.2) is 37.5 Å². The molecule has 9 heteroatoms. The Labute approximate surface area is 233 Å². The second-order valence-corrected chi connectivity index (χ2v) is 11.1. The van der Waals surface area contributed by atoms with E-state index in [4.69, 9.17) is 17.3 Å². The molecule has 0 saturated heterocycles. The summed E-state index contributed by atoms with van der Waals surface area (Å²) in [6.45, 7) is 2.75. The fourth-order valence-corrected chi connectivity index (χ4v) is 5.64. The van der Waals surface area contributed by atoms with Crippen molar-refractivity contribution in [2.75, 3.05) is 11.9 Å². The van der Waals surface area contributed by atoms with Gasteiger partial charge in [-0.3, -0.25) is 9.78 Å². The highest BCUT2D eigenvalue weighted by Crippen LogP contribution is 2.31. The number of pyridine rings is 1. The van der Waals surface area contributed by atoms with E-state index in [1.165, 1.54) is 57.8 Å². The zero-order chi connectivity index (χ0) is 27.2. The van der Waals surface area contributed by atoms with Gasteiger partial charge >= 0.3 is 0 Å². The lowest BCUT2D eigenvalue weighted by molar-refractivity contribution is 0.441. The first-order valence-electron chi connectivity index (χ1n) is 13.9. The Morgan fingerprint density at radius 1 is 0.974 bits per heavy atom. The van der Waals surface area contributed by atoms with Crippen molar-refractivity contribution >= 4 is 28.6 Å². The first-order chi connectivity index (χ1) is 19.0. The summed E-state index contributed by atoms with van der Waals surface area (Å²) in [5.74, 6) is 1.21. The van der Waals surface area contributed by atoms with Gasteiger partial charge in [0.1, 0.15) is 5.65 Å². The largest absolute Gasteiger partial charge is 0.354 e. The minimum atomic E-state index is -0.247. The Hall–Kier alpha value is -3.36. The molecule has 2 aliphatic rings. The van der Waals surface area contributed by atoms with Crippen LogP contribution >= 0.6 is 11.6 Å². The van der Waals surface area contributed by atoms with E-state index in [-0.39, 0.29) is 5.56 Å². The molecule has 0 bridgehead atoms. The Kier molecular flexibility index (Phi) is 8.84. The number of nitrogens with zero attached hydrogens (tertiary/aromatic N) is 4. The van der Waals surface area contributed by atoms with Gasteiger partial charge in [0.2, 0.25) is 5.95 Å². The number of H-pyrrole nitrogens is 1. The number of rotatable bonds is 5. The molecule has 0 radical (unpaired) electrons. The number of fused-ring (bicyclic) bond motifs is 1. The fourth-order valence-electron chi connectivity index (χ4n) is 5.36. The maximum Gasteiger partial charge on any atom is 0.257 e.